The maximum Gasteiger partial charge on any atom is 0.221 e. The van der Waals surface area contributed by atoms with Gasteiger partial charge < -0.3 is 0 Å². The molecule has 0 fully saturated rings. The first kappa shape index (κ1) is 16.5. The number of aromatic nitrogens is 4. The number of rotatable bonds is 5. The van der Waals surface area contributed by atoms with Crippen molar-refractivity contribution in [3.8, 4) is 5.69 Å². The van der Waals surface area contributed by atoms with Gasteiger partial charge in [-0.3, -0.25) is 4.90 Å². The second-order valence-electron chi connectivity index (χ2n) is 6.05. The fourth-order valence-corrected chi connectivity index (χ4v) is 3.04. The molecule has 3 aromatic rings. The summed E-state index contributed by atoms with van der Waals surface area (Å²) >= 11 is 5.58. The number of aryl methyl sites for hydroxylation is 2. The van der Waals surface area contributed by atoms with Crippen LogP contribution >= 0.6 is 12.2 Å². The molecule has 3 rings (SSSR count). The molecule has 1 aromatic heterocycles. The average molecular weight is 339 g/mol. The van der Waals surface area contributed by atoms with Crippen LogP contribution < -0.4 is 0 Å². The van der Waals surface area contributed by atoms with Crippen LogP contribution in [0, 0.1) is 18.6 Å². The monoisotopic (exact) mass is 339 g/mol. The molecular weight excluding hydrogens is 318 g/mol. The van der Waals surface area contributed by atoms with Gasteiger partial charge in [-0.05, 0) is 60.2 Å². The molecule has 124 valence electrons. The number of hydrogen-bond acceptors (Lipinski definition) is 4. The van der Waals surface area contributed by atoms with Gasteiger partial charge in [-0.1, -0.05) is 48.5 Å². The Labute approximate surface area is 147 Å². The molecule has 24 heavy (non-hydrogen) atoms. The molecule has 0 aliphatic rings. The third-order valence-corrected chi connectivity index (χ3v) is 4.35. The van der Waals surface area contributed by atoms with E-state index in [-0.39, 0.29) is 0 Å². The molecule has 0 unspecified atom stereocenters. The van der Waals surface area contributed by atoms with Crippen LogP contribution in [0.4, 0.5) is 0 Å². The van der Waals surface area contributed by atoms with E-state index in [1.807, 2.05) is 31.3 Å². The van der Waals surface area contributed by atoms with Crippen molar-refractivity contribution in [1.29, 1.82) is 0 Å². The lowest BCUT2D eigenvalue weighted by atomic mass is 10.1. The molecule has 0 saturated heterocycles. The Morgan fingerprint density at radius 3 is 2.29 bits per heavy atom. The smallest absolute Gasteiger partial charge is 0.221 e. The van der Waals surface area contributed by atoms with E-state index in [0.29, 0.717) is 11.4 Å². The predicted octanol–water partition coefficient (Wildman–Crippen LogP) is 3.50. The zero-order chi connectivity index (χ0) is 17.1. The molecule has 0 aliphatic heterocycles. The summed E-state index contributed by atoms with van der Waals surface area (Å²) in [5.74, 6) is 0. The van der Waals surface area contributed by atoms with Crippen molar-refractivity contribution < 1.29 is 0 Å². The molecule has 0 N–H and O–H groups in total. The molecular formula is C18H21N5S. The van der Waals surface area contributed by atoms with Gasteiger partial charge in [0.1, 0.15) is 0 Å². The Morgan fingerprint density at radius 1 is 0.958 bits per heavy atom. The molecule has 2 aromatic carbocycles. The van der Waals surface area contributed by atoms with E-state index >= 15 is 0 Å². The van der Waals surface area contributed by atoms with E-state index in [2.05, 4.69) is 53.4 Å². The highest BCUT2D eigenvalue weighted by Gasteiger charge is 2.11. The van der Waals surface area contributed by atoms with Crippen LogP contribution in [-0.4, -0.2) is 31.7 Å². The van der Waals surface area contributed by atoms with Crippen molar-refractivity contribution in [2.45, 2.75) is 27.1 Å². The first-order valence-corrected chi connectivity index (χ1v) is 8.29. The topological polar surface area (TPSA) is 38.9 Å². The van der Waals surface area contributed by atoms with Crippen LogP contribution in [0.1, 0.15) is 16.7 Å². The molecule has 0 saturated carbocycles. The third-order valence-electron chi connectivity index (χ3n) is 3.96. The van der Waals surface area contributed by atoms with Gasteiger partial charge in [0.2, 0.25) is 4.77 Å². The van der Waals surface area contributed by atoms with Crippen LogP contribution in [-0.2, 0) is 13.2 Å². The van der Waals surface area contributed by atoms with E-state index in [1.165, 1.54) is 5.56 Å². The Hall–Kier alpha value is -2.31. The fourth-order valence-electron chi connectivity index (χ4n) is 2.82. The van der Waals surface area contributed by atoms with Gasteiger partial charge in [-0.2, -0.15) is 4.68 Å². The Kier molecular flexibility index (Phi) is 4.87. The SMILES string of the molecule is Cc1cccc(C)c1-n1nnn(CN(C)Cc2ccccc2)c1=S. The second-order valence-corrected chi connectivity index (χ2v) is 6.42. The summed E-state index contributed by atoms with van der Waals surface area (Å²) in [6.45, 7) is 5.55. The number of benzene rings is 2. The predicted molar refractivity (Wildman–Crippen MR) is 97.6 cm³/mol. The molecule has 0 aliphatic carbocycles. The van der Waals surface area contributed by atoms with Gasteiger partial charge in [0.15, 0.2) is 0 Å². The standard InChI is InChI=1S/C18H21N5S/c1-14-8-7-9-15(2)17(14)23-18(24)22(19-20-23)13-21(3)12-16-10-5-4-6-11-16/h4-11H,12-13H2,1-3H3. The highest BCUT2D eigenvalue weighted by atomic mass is 32.1. The van der Waals surface area contributed by atoms with Gasteiger partial charge in [-0.15, -0.1) is 0 Å². The molecule has 1 heterocycles. The van der Waals surface area contributed by atoms with Gasteiger partial charge in [0.05, 0.1) is 12.4 Å². The largest absolute Gasteiger partial charge is 0.283 e. The van der Waals surface area contributed by atoms with Crippen molar-refractivity contribution in [3.63, 3.8) is 0 Å². The zero-order valence-electron chi connectivity index (χ0n) is 14.2. The Morgan fingerprint density at radius 2 is 1.62 bits per heavy atom. The van der Waals surface area contributed by atoms with Crippen molar-refractivity contribution in [1.82, 2.24) is 24.7 Å². The summed E-state index contributed by atoms with van der Waals surface area (Å²) in [5, 5.41) is 8.51. The molecule has 0 bridgehead atoms. The van der Waals surface area contributed by atoms with Gasteiger partial charge in [-0.25, -0.2) is 4.68 Å². The van der Waals surface area contributed by atoms with Gasteiger partial charge >= 0.3 is 0 Å². The van der Waals surface area contributed by atoms with Crippen LogP contribution in [0.3, 0.4) is 0 Å². The van der Waals surface area contributed by atoms with Crippen LogP contribution in [0.25, 0.3) is 5.69 Å². The average Bonchev–Trinajstić information content (AvgIpc) is 2.89. The van der Waals surface area contributed by atoms with Crippen molar-refractivity contribution >= 4 is 12.2 Å². The summed E-state index contributed by atoms with van der Waals surface area (Å²) in [6, 6.07) is 16.5. The molecule has 0 atom stereocenters. The van der Waals surface area contributed by atoms with E-state index in [4.69, 9.17) is 12.2 Å². The maximum atomic E-state index is 5.58. The van der Waals surface area contributed by atoms with E-state index in [0.717, 1.165) is 23.4 Å². The number of para-hydroxylation sites is 1. The van der Waals surface area contributed by atoms with Crippen LogP contribution in [0.15, 0.2) is 48.5 Å². The third kappa shape index (κ3) is 3.44. The Balaban J connectivity index is 1.82. The molecule has 0 radical (unpaired) electrons. The van der Waals surface area contributed by atoms with Crippen molar-refractivity contribution in [2.75, 3.05) is 7.05 Å². The fraction of sp³-hybridized carbons (Fsp3) is 0.278. The highest BCUT2D eigenvalue weighted by Crippen LogP contribution is 2.18. The first-order valence-electron chi connectivity index (χ1n) is 7.88. The van der Waals surface area contributed by atoms with Crippen LogP contribution in [0.2, 0.25) is 0 Å². The van der Waals surface area contributed by atoms with Crippen molar-refractivity contribution in [2.24, 2.45) is 0 Å². The minimum atomic E-state index is 0.596. The van der Waals surface area contributed by atoms with Crippen LogP contribution in [0.5, 0.6) is 0 Å². The minimum absolute atomic E-state index is 0.596. The molecule has 6 heteroatoms. The summed E-state index contributed by atoms with van der Waals surface area (Å²) in [6.07, 6.45) is 0. The van der Waals surface area contributed by atoms with Gasteiger partial charge in [0.25, 0.3) is 0 Å². The van der Waals surface area contributed by atoms with Crippen molar-refractivity contribution in [3.05, 3.63) is 70.0 Å². The molecule has 0 spiro atoms. The zero-order valence-corrected chi connectivity index (χ0v) is 15.0. The Bertz CT molecular complexity index is 862. The maximum absolute atomic E-state index is 5.58. The molecule has 5 nitrogen and oxygen atoms in total. The van der Waals surface area contributed by atoms with E-state index < -0.39 is 0 Å². The summed E-state index contributed by atoms with van der Waals surface area (Å²) < 4.78 is 4.10. The summed E-state index contributed by atoms with van der Waals surface area (Å²) in [5.41, 5.74) is 4.54. The normalized spacial score (nSPS) is 11.2. The lowest BCUT2D eigenvalue weighted by molar-refractivity contribution is 0.242. The minimum Gasteiger partial charge on any atom is -0.283 e. The molecule has 0 amide bonds. The summed E-state index contributed by atoms with van der Waals surface area (Å²) in [7, 11) is 2.05. The first-order chi connectivity index (χ1) is 11.6. The lowest BCUT2D eigenvalue weighted by Crippen LogP contribution is -2.22. The second kappa shape index (κ2) is 7.07. The highest BCUT2D eigenvalue weighted by molar-refractivity contribution is 7.71. The summed E-state index contributed by atoms with van der Waals surface area (Å²) in [4.78, 5) is 2.16. The number of nitrogens with zero attached hydrogens (tertiary/aromatic N) is 5. The number of tetrazole rings is 1. The van der Waals surface area contributed by atoms with Gasteiger partial charge in [0, 0.05) is 6.54 Å². The van der Waals surface area contributed by atoms with E-state index in [9.17, 15) is 0 Å². The van der Waals surface area contributed by atoms with E-state index in [1.54, 1.807) is 9.36 Å². The lowest BCUT2D eigenvalue weighted by Gasteiger charge is -2.16. The number of hydrogen-bond donors (Lipinski definition) is 0. The quantitative estimate of drug-likeness (QED) is 0.667.